The number of aryl methyl sites for hydroxylation is 2. The fraction of sp³-hybridized carbons (Fsp3) is 0.500. The summed E-state index contributed by atoms with van der Waals surface area (Å²) in [4.78, 5) is 12.9. The van der Waals surface area contributed by atoms with E-state index in [1.807, 2.05) is 30.7 Å². The predicted molar refractivity (Wildman–Crippen MR) is 113 cm³/mol. The van der Waals surface area contributed by atoms with Crippen LogP contribution < -0.4 is 4.74 Å². The third kappa shape index (κ3) is 5.18. The number of sulfonamides is 1. The lowest BCUT2D eigenvalue weighted by Gasteiger charge is -2.23. The van der Waals surface area contributed by atoms with Crippen molar-refractivity contribution >= 4 is 16.5 Å². The Morgan fingerprint density at radius 2 is 2.00 bits per heavy atom. The van der Waals surface area contributed by atoms with E-state index >= 15 is 0 Å². The van der Waals surface area contributed by atoms with Gasteiger partial charge in [0.25, 0.3) is 6.47 Å². The maximum Gasteiger partial charge on any atom is 0.290 e. The van der Waals surface area contributed by atoms with Gasteiger partial charge in [-0.15, -0.1) is 0 Å². The molecule has 2 atom stereocenters. The number of aromatic nitrogens is 2. The molecule has 166 valence electrons. The molecule has 0 bridgehead atoms. The Balaban J connectivity index is 0.00000101. The minimum Gasteiger partial charge on any atom is -0.496 e. The molecule has 1 aliphatic heterocycles. The monoisotopic (exact) mass is 439 g/mol. The molecule has 9 nitrogen and oxygen atoms in total. The van der Waals surface area contributed by atoms with Crippen molar-refractivity contribution in [3.63, 3.8) is 0 Å². The van der Waals surface area contributed by atoms with Gasteiger partial charge in [-0.05, 0) is 31.0 Å². The Labute approximate surface area is 177 Å². The molecule has 1 fully saturated rings. The standard InChI is InChI=1S/C19H27N3O4S.CH2O2/c1-13-8-14(2)18(25-5)16(9-13)19-20-6-7-22(19)17-11-26-10-15(17)12-27(23,24)21(3)4;2-1-3/h6-9,15,17H,10-12H2,1-5H3;1H,(H,2,3)/t15-,17+;/m0./s1. The number of hydrogen-bond donors (Lipinski definition) is 1. The van der Waals surface area contributed by atoms with Gasteiger partial charge < -0.3 is 19.1 Å². The Bertz CT molecular complexity index is 971. The minimum absolute atomic E-state index is 0.0479. The fourth-order valence-electron chi connectivity index (χ4n) is 3.65. The number of carboxylic acid groups (broad SMARTS) is 1. The molecule has 1 N–H and O–H groups in total. The molecule has 1 aromatic carbocycles. The number of nitrogens with zero attached hydrogens (tertiary/aromatic N) is 3. The van der Waals surface area contributed by atoms with Gasteiger partial charge >= 0.3 is 0 Å². The van der Waals surface area contributed by atoms with E-state index in [4.69, 9.17) is 19.4 Å². The van der Waals surface area contributed by atoms with Crippen LogP contribution in [0.2, 0.25) is 0 Å². The molecule has 1 aliphatic rings. The second-order valence-electron chi connectivity index (χ2n) is 7.35. The Morgan fingerprint density at radius 3 is 2.60 bits per heavy atom. The Kier molecular flexibility index (Phi) is 7.99. The van der Waals surface area contributed by atoms with Gasteiger partial charge in [-0.3, -0.25) is 4.79 Å². The molecule has 0 radical (unpaired) electrons. The molecule has 0 amide bonds. The number of rotatable bonds is 6. The van der Waals surface area contributed by atoms with Crippen LogP contribution in [0.15, 0.2) is 24.5 Å². The first kappa shape index (κ1) is 23.8. The molecule has 1 aromatic heterocycles. The van der Waals surface area contributed by atoms with Crippen molar-refractivity contribution in [1.29, 1.82) is 0 Å². The van der Waals surface area contributed by atoms with Crippen LogP contribution in [0.1, 0.15) is 17.2 Å². The first-order valence-corrected chi connectivity index (χ1v) is 11.0. The summed E-state index contributed by atoms with van der Waals surface area (Å²) in [7, 11) is 1.46. The summed E-state index contributed by atoms with van der Waals surface area (Å²) in [5.41, 5.74) is 3.06. The van der Waals surface area contributed by atoms with E-state index in [2.05, 4.69) is 11.1 Å². The topological polar surface area (TPSA) is 111 Å². The molecule has 0 aliphatic carbocycles. The first-order valence-electron chi connectivity index (χ1n) is 9.40. The zero-order chi connectivity index (χ0) is 22.5. The van der Waals surface area contributed by atoms with Crippen molar-refractivity contribution in [2.75, 3.05) is 40.2 Å². The van der Waals surface area contributed by atoms with Crippen molar-refractivity contribution in [2.45, 2.75) is 19.9 Å². The number of carbonyl (C=O) groups is 1. The molecule has 2 heterocycles. The average molecular weight is 440 g/mol. The van der Waals surface area contributed by atoms with Gasteiger partial charge in [-0.25, -0.2) is 17.7 Å². The molecule has 1 saturated heterocycles. The molecule has 10 heteroatoms. The minimum atomic E-state index is -3.31. The van der Waals surface area contributed by atoms with E-state index < -0.39 is 10.0 Å². The van der Waals surface area contributed by atoms with Crippen molar-refractivity contribution in [1.82, 2.24) is 13.9 Å². The summed E-state index contributed by atoms with van der Waals surface area (Å²) in [5.74, 6) is 1.46. The van der Waals surface area contributed by atoms with Crippen LogP contribution in [0.3, 0.4) is 0 Å². The molecule has 3 rings (SSSR count). The summed E-state index contributed by atoms with van der Waals surface area (Å²) in [6.45, 7) is 4.67. The molecule has 0 unspecified atom stereocenters. The third-order valence-corrected chi connectivity index (χ3v) is 7.00. The third-order valence-electron chi connectivity index (χ3n) is 5.04. The fourth-order valence-corrected chi connectivity index (χ4v) is 4.81. The number of benzene rings is 1. The number of ether oxygens (including phenoxy) is 2. The Morgan fingerprint density at radius 1 is 1.33 bits per heavy atom. The van der Waals surface area contributed by atoms with E-state index in [0.717, 1.165) is 28.3 Å². The van der Waals surface area contributed by atoms with Crippen LogP contribution in [-0.4, -0.2) is 74.0 Å². The van der Waals surface area contributed by atoms with E-state index in [-0.39, 0.29) is 24.2 Å². The molecule has 30 heavy (non-hydrogen) atoms. The molecular weight excluding hydrogens is 410 g/mol. The lowest BCUT2D eigenvalue weighted by Crippen LogP contribution is -2.32. The quantitative estimate of drug-likeness (QED) is 0.685. The second-order valence-corrected chi connectivity index (χ2v) is 9.58. The highest BCUT2D eigenvalue weighted by Crippen LogP contribution is 2.37. The van der Waals surface area contributed by atoms with Gasteiger partial charge in [0.05, 0.1) is 37.7 Å². The van der Waals surface area contributed by atoms with Gasteiger partial charge in [0.15, 0.2) is 0 Å². The predicted octanol–water partition coefficient (Wildman–Crippen LogP) is 1.96. The highest BCUT2D eigenvalue weighted by atomic mass is 32.2. The van der Waals surface area contributed by atoms with Crippen molar-refractivity contribution in [3.05, 3.63) is 35.7 Å². The van der Waals surface area contributed by atoms with Crippen molar-refractivity contribution < 1.29 is 27.8 Å². The van der Waals surface area contributed by atoms with E-state index in [1.165, 1.54) is 4.31 Å². The summed E-state index contributed by atoms with van der Waals surface area (Å²) >= 11 is 0. The van der Waals surface area contributed by atoms with Gasteiger partial charge in [0.1, 0.15) is 11.6 Å². The van der Waals surface area contributed by atoms with Gasteiger partial charge in [-0.2, -0.15) is 0 Å². The molecular formula is C20H29N3O6S. The van der Waals surface area contributed by atoms with Crippen LogP contribution in [0, 0.1) is 19.8 Å². The van der Waals surface area contributed by atoms with Gasteiger partial charge in [-0.1, -0.05) is 6.07 Å². The lowest BCUT2D eigenvalue weighted by molar-refractivity contribution is -0.122. The first-order chi connectivity index (χ1) is 14.2. The number of imidazole rings is 1. The lowest BCUT2D eigenvalue weighted by atomic mass is 10.0. The summed E-state index contributed by atoms with van der Waals surface area (Å²) in [6, 6.07) is 4.02. The Hall–Kier alpha value is -2.43. The van der Waals surface area contributed by atoms with Crippen molar-refractivity contribution in [3.8, 4) is 17.1 Å². The zero-order valence-electron chi connectivity index (χ0n) is 17.9. The van der Waals surface area contributed by atoms with Gasteiger partial charge in [0.2, 0.25) is 10.0 Å². The number of methoxy groups -OCH3 is 1. The SMILES string of the molecule is COc1c(C)cc(C)cc1-c1nccn1[C@@H]1COC[C@H]1CS(=O)(=O)N(C)C.O=CO. The number of hydrogen-bond acceptors (Lipinski definition) is 6. The second kappa shape index (κ2) is 10.1. The average Bonchev–Trinajstić information content (AvgIpc) is 3.30. The summed E-state index contributed by atoms with van der Waals surface area (Å²) in [6.07, 6.45) is 3.63. The van der Waals surface area contributed by atoms with Crippen LogP contribution in [0.4, 0.5) is 0 Å². The van der Waals surface area contributed by atoms with Crippen molar-refractivity contribution in [2.24, 2.45) is 5.92 Å². The van der Waals surface area contributed by atoms with Crippen LogP contribution in [0.25, 0.3) is 11.4 Å². The van der Waals surface area contributed by atoms with E-state index in [1.54, 1.807) is 27.4 Å². The summed E-state index contributed by atoms with van der Waals surface area (Å²) in [5, 5.41) is 6.89. The normalized spacial score (nSPS) is 18.7. The maximum absolute atomic E-state index is 12.4. The van der Waals surface area contributed by atoms with E-state index in [9.17, 15) is 8.42 Å². The van der Waals surface area contributed by atoms with Crippen LogP contribution in [0.5, 0.6) is 5.75 Å². The molecule has 0 spiro atoms. The highest BCUT2D eigenvalue weighted by Gasteiger charge is 2.35. The highest BCUT2D eigenvalue weighted by molar-refractivity contribution is 7.89. The maximum atomic E-state index is 12.4. The largest absolute Gasteiger partial charge is 0.496 e. The van der Waals surface area contributed by atoms with E-state index in [0.29, 0.717) is 13.2 Å². The molecule has 0 saturated carbocycles. The summed E-state index contributed by atoms with van der Waals surface area (Å²) < 4.78 is 39.3. The smallest absolute Gasteiger partial charge is 0.290 e. The van der Waals surface area contributed by atoms with Crippen LogP contribution in [-0.2, 0) is 19.6 Å². The van der Waals surface area contributed by atoms with Gasteiger partial charge in [0, 0.05) is 32.4 Å². The molecule has 2 aromatic rings. The van der Waals surface area contributed by atoms with Crippen LogP contribution >= 0.6 is 0 Å². The zero-order valence-corrected chi connectivity index (χ0v) is 18.7.